The molecule has 1 aromatic heterocycles. The number of H-pyrrole nitrogens is 1. The predicted octanol–water partition coefficient (Wildman–Crippen LogP) is 4.89. The van der Waals surface area contributed by atoms with Gasteiger partial charge >= 0.3 is 0 Å². The fourth-order valence-corrected chi connectivity index (χ4v) is 5.62. The van der Waals surface area contributed by atoms with Crippen LogP contribution in [0.25, 0.3) is 10.9 Å². The first-order valence-corrected chi connectivity index (χ1v) is 10.2. The third-order valence-electron chi connectivity index (χ3n) is 6.76. The molecular weight excluding hydrogens is 332 g/mol. The number of rotatable bonds is 4. The predicted molar refractivity (Wildman–Crippen MR) is 111 cm³/mol. The van der Waals surface area contributed by atoms with Crippen LogP contribution in [0.2, 0.25) is 0 Å². The Morgan fingerprint density at radius 2 is 2.07 bits per heavy atom. The van der Waals surface area contributed by atoms with Crippen LogP contribution in [0.5, 0.6) is 5.75 Å². The van der Waals surface area contributed by atoms with Gasteiger partial charge in [-0.15, -0.1) is 0 Å². The molecule has 1 N–H and O–H groups in total. The lowest BCUT2D eigenvalue weighted by molar-refractivity contribution is 0.0960. The molecule has 0 radical (unpaired) electrons. The van der Waals surface area contributed by atoms with Crippen LogP contribution in [0.15, 0.2) is 48.5 Å². The molecule has 2 aliphatic rings. The minimum atomic E-state index is 0.0800. The molecule has 0 saturated carbocycles. The highest BCUT2D eigenvalue weighted by Crippen LogP contribution is 2.52. The molecule has 1 aliphatic heterocycles. The molecule has 140 valence electrons. The number of fused-ring (bicyclic) bond motifs is 6. The van der Waals surface area contributed by atoms with E-state index in [1.54, 1.807) is 12.7 Å². The van der Waals surface area contributed by atoms with E-state index in [4.69, 9.17) is 4.74 Å². The van der Waals surface area contributed by atoms with Crippen molar-refractivity contribution in [3.8, 4) is 5.75 Å². The summed E-state index contributed by atoms with van der Waals surface area (Å²) in [4.78, 5) is 6.49. The van der Waals surface area contributed by atoms with Crippen molar-refractivity contribution in [1.82, 2.24) is 9.88 Å². The number of aromatic nitrogens is 1. The lowest BCUT2D eigenvalue weighted by Gasteiger charge is -2.51. The monoisotopic (exact) mass is 360 g/mol. The minimum absolute atomic E-state index is 0.0800. The van der Waals surface area contributed by atoms with E-state index in [2.05, 4.69) is 65.3 Å². The Bertz CT molecular complexity index is 975. The summed E-state index contributed by atoms with van der Waals surface area (Å²) in [6.07, 6.45) is 4.73. The van der Waals surface area contributed by atoms with Gasteiger partial charge in [-0.1, -0.05) is 37.3 Å². The fraction of sp³-hybridized carbons (Fsp3) is 0.417. The van der Waals surface area contributed by atoms with Crippen LogP contribution in [0.3, 0.4) is 0 Å². The molecule has 1 aliphatic carbocycles. The fourth-order valence-electron chi connectivity index (χ4n) is 5.62. The maximum Gasteiger partial charge on any atom is 0.119 e. The maximum atomic E-state index is 5.58. The summed E-state index contributed by atoms with van der Waals surface area (Å²) >= 11 is 0. The Hall–Kier alpha value is -2.26. The van der Waals surface area contributed by atoms with Crippen LogP contribution in [-0.4, -0.2) is 36.1 Å². The lowest BCUT2D eigenvalue weighted by atomic mass is 9.61. The number of benzene rings is 2. The van der Waals surface area contributed by atoms with Gasteiger partial charge in [0.25, 0.3) is 0 Å². The molecule has 3 aromatic rings. The standard InChI is InChI=1S/C24H28N2O/c1-3-12-26-13-11-24(17-7-6-8-19(14-17)27-2)16-18(26)15-22-23(24)20-9-4-5-10-21(20)25-22/h4-10,14,18,25H,3,11-13,15-16H2,1-2H3/t18-,24-/m1/s1. The number of hydrogen-bond acceptors (Lipinski definition) is 2. The van der Waals surface area contributed by atoms with Gasteiger partial charge in [0.2, 0.25) is 0 Å². The third kappa shape index (κ3) is 2.52. The third-order valence-corrected chi connectivity index (χ3v) is 6.76. The van der Waals surface area contributed by atoms with Crippen molar-refractivity contribution in [2.75, 3.05) is 20.2 Å². The number of nitrogens with zero attached hydrogens (tertiary/aromatic N) is 1. The van der Waals surface area contributed by atoms with Crippen LogP contribution in [0, 0.1) is 0 Å². The number of para-hydroxylation sites is 1. The number of methoxy groups -OCH3 is 1. The molecule has 2 bridgehead atoms. The second-order valence-corrected chi connectivity index (χ2v) is 8.19. The SMILES string of the molecule is CCCN1CC[C@]2(c3cccc(OC)c3)C[C@H]1Cc1[nH]c3ccccc3c12. The summed E-state index contributed by atoms with van der Waals surface area (Å²) in [7, 11) is 1.77. The minimum Gasteiger partial charge on any atom is -0.497 e. The summed E-state index contributed by atoms with van der Waals surface area (Å²) in [5.41, 5.74) is 5.75. The van der Waals surface area contributed by atoms with E-state index in [9.17, 15) is 0 Å². The molecule has 2 heterocycles. The Morgan fingerprint density at radius 1 is 1.19 bits per heavy atom. The first-order valence-electron chi connectivity index (χ1n) is 10.2. The largest absolute Gasteiger partial charge is 0.497 e. The van der Waals surface area contributed by atoms with E-state index in [1.165, 1.54) is 54.5 Å². The second kappa shape index (κ2) is 6.42. The molecule has 0 amide bonds. The van der Waals surface area contributed by atoms with Gasteiger partial charge in [0.05, 0.1) is 7.11 Å². The average Bonchev–Trinajstić information content (AvgIpc) is 3.09. The number of piperidine rings is 1. The van der Waals surface area contributed by atoms with Crippen molar-refractivity contribution in [1.29, 1.82) is 0 Å². The number of likely N-dealkylation sites (tertiary alicyclic amines) is 1. The van der Waals surface area contributed by atoms with Crippen molar-refractivity contribution in [2.24, 2.45) is 0 Å². The first kappa shape index (κ1) is 16.9. The lowest BCUT2D eigenvalue weighted by Crippen LogP contribution is -2.53. The van der Waals surface area contributed by atoms with E-state index in [-0.39, 0.29) is 5.41 Å². The van der Waals surface area contributed by atoms with Crippen LogP contribution < -0.4 is 4.74 Å². The number of ether oxygens (including phenoxy) is 1. The highest BCUT2D eigenvalue weighted by atomic mass is 16.5. The summed E-state index contributed by atoms with van der Waals surface area (Å²) in [6.45, 7) is 4.67. The van der Waals surface area contributed by atoms with E-state index in [1.807, 2.05) is 0 Å². The van der Waals surface area contributed by atoms with Crippen molar-refractivity contribution in [3.63, 3.8) is 0 Å². The van der Waals surface area contributed by atoms with Gasteiger partial charge in [-0.25, -0.2) is 0 Å². The summed E-state index contributed by atoms with van der Waals surface area (Å²) < 4.78 is 5.58. The van der Waals surface area contributed by atoms with Crippen LogP contribution in [0.4, 0.5) is 0 Å². The molecule has 5 rings (SSSR count). The summed E-state index contributed by atoms with van der Waals surface area (Å²) in [5, 5.41) is 1.40. The van der Waals surface area contributed by atoms with E-state index >= 15 is 0 Å². The Labute approximate surface area is 161 Å². The van der Waals surface area contributed by atoms with E-state index in [0.29, 0.717) is 6.04 Å². The zero-order chi connectivity index (χ0) is 18.4. The van der Waals surface area contributed by atoms with E-state index < -0.39 is 0 Å². The van der Waals surface area contributed by atoms with E-state index in [0.717, 1.165) is 12.2 Å². The van der Waals surface area contributed by atoms with Crippen LogP contribution in [-0.2, 0) is 11.8 Å². The highest BCUT2D eigenvalue weighted by molar-refractivity contribution is 5.87. The Balaban J connectivity index is 1.73. The quantitative estimate of drug-likeness (QED) is 0.717. The molecule has 1 fully saturated rings. The highest BCUT2D eigenvalue weighted by Gasteiger charge is 2.48. The molecule has 0 spiro atoms. The van der Waals surface area contributed by atoms with Crippen molar-refractivity contribution >= 4 is 10.9 Å². The topological polar surface area (TPSA) is 28.3 Å². The van der Waals surface area contributed by atoms with Gasteiger partial charge in [0, 0.05) is 34.5 Å². The van der Waals surface area contributed by atoms with Gasteiger partial charge in [-0.3, -0.25) is 4.90 Å². The Kier molecular flexibility index (Phi) is 4.01. The van der Waals surface area contributed by atoms with Gasteiger partial charge in [-0.2, -0.15) is 0 Å². The van der Waals surface area contributed by atoms with Crippen molar-refractivity contribution in [2.45, 2.75) is 44.1 Å². The molecule has 0 unspecified atom stereocenters. The molecule has 3 heteroatoms. The van der Waals surface area contributed by atoms with Gasteiger partial charge in [0.1, 0.15) is 5.75 Å². The number of hydrogen-bond donors (Lipinski definition) is 1. The molecule has 2 atom stereocenters. The van der Waals surface area contributed by atoms with Gasteiger partial charge in [-0.05, 0) is 61.7 Å². The van der Waals surface area contributed by atoms with Crippen LogP contribution >= 0.6 is 0 Å². The molecule has 3 nitrogen and oxygen atoms in total. The Morgan fingerprint density at radius 3 is 2.93 bits per heavy atom. The molecule has 27 heavy (non-hydrogen) atoms. The normalized spacial score (nSPS) is 24.7. The zero-order valence-electron chi connectivity index (χ0n) is 16.3. The first-order chi connectivity index (χ1) is 13.2. The van der Waals surface area contributed by atoms with Crippen LogP contribution in [0.1, 0.15) is 43.0 Å². The molecule has 1 saturated heterocycles. The second-order valence-electron chi connectivity index (χ2n) is 8.19. The van der Waals surface area contributed by atoms with Gasteiger partial charge < -0.3 is 9.72 Å². The zero-order valence-corrected chi connectivity index (χ0v) is 16.3. The van der Waals surface area contributed by atoms with Crippen molar-refractivity contribution < 1.29 is 4.74 Å². The summed E-state index contributed by atoms with van der Waals surface area (Å²) in [6, 6.07) is 18.2. The number of nitrogens with one attached hydrogen (secondary N) is 1. The summed E-state index contributed by atoms with van der Waals surface area (Å²) in [5.74, 6) is 0.960. The van der Waals surface area contributed by atoms with Gasteiger partial charge in [0.15, 0.2) is 0 Å². The number of aromatic amines is 1. The smallest absolute Gasteiger partial charge is 0.119 e. The maximum absolute atomic E-state index is 5.58. The van der Waals surface area contributed by atoms with Crippen molar-refractivity contribution in [3.05, 3.63) is 65.4 Å². The molecular formula is C24H28N2O. The average molecular weight is 361 g/mol. The molecule has 2 aromatic carbocycles.